The van der Waals surface area contributed by atoms with Crippen molar-refractivity contribution < 1.29 is 18.0 Å². The number of para-hydroxylation sites is 1. The van der Waals surface area contributed by atoms with E-state index in [4.69, 9.17) is 5.73 Å². The number of hydrogen-bond donors (Lipinski definition) is 2. The molecule has 0 aliphatic heterocycles. The van der Waals surface area contributed by atoms with Crippen molar-refractivity contribution in [2.45, 2.75) is 19.6 Å². The molecule has 1 aromatic carbocycles. The summed E-state index contributed by atoms with van der Waals surface area (Å²) in [5.74, 6) is -0.536. The summed E-state index contributed by atoms with van der Waals surface area (Å²) < 4.78 is 42.4. The topological polar surface area (TPSA) is 104 Å². The number of aryl methyl sites for hydroxylation is 1. The molecular formula is C16H16F3N7O. The molecule has 0 atom stereocenters. The molecule has 0 aliphatic rings. The molecule has 27 heavy (non-hydrogen) atoms. The van der Waals surface area contributed by atoms with Crippen LogP contribution in [0.2, 0.25) is 0 Å². The maximum atomic E-state index is 13.3. The number of halogens is 3. The highest BCUT2D eigenvalue weighted by atomic mass is 19.4. The van der Waals surface area contributed by atoms with Crippen LogP contribution in [0.15, 0.2) is 36.5 Å². The Kier molecular flexibility index (Phi) is 4.95. The Hall–Kier alpha value is -3.21. The number of nitrogens with zero attached hydrogens (tertiary/aromatic N) is 5. The first kappa shape index (κ1) is 18.6. The lowest BCUT2D eigenvalue weighted by Crippen LogP contribution is -2.17. The van der Waals surface area contributed by atoms with Gasteiger partial charge in [-0.1, -0.05) is 17.3 Å². The third-order valence-electron chi connectivity index (χ3n) is 3.64. The number of alkyl halides is 3. The fraction of sp³-hybridized carbons (Fsp3) is 0.250. The van der Waals surface area contributed by atoms with E-state index in [1.54, 1.807) is 6.92 Å². The summed E-state index contributed by atoms with van der Waals surface area (Å²) in [5, 5.41) is 14.1. The van der Waals surface area contributed by atoms with E-state index in [0.29, 0.717) is 18.8 Å². The van der Waals surface area contributed by atoms with E-state index in [9.17, 15) is 18.0 Å². The van der Waals surface area contributed by atoms with Crippen molar-refractivity contribution in [2.75, 3.05) is 11.9 Å². The van der Waals surface area contributed by atoms with Gasteiger partial charge in [0, 0.05) is 12.6 Å². The Morgan fingerprint density at radius 2 is 2.04 bits per heavy atom. The number of aromatic nitrogens is 5. The molecule has 3 rings (SSSR count). The van der Waals surface area contributed by atoms with E-state index < -0.39 is 17.6 Å². The molecule has 0 saturated carbocycles. The average molecular weight is 379 g/mol. The van der Waals surface area contributed by atoms with Crippen molar-refractivity contribution >= 4 is 11.7 Å². The van der Waals surface area contributed by atoms with Crippen LogP contribution in [0.4, 0.5) is 19.0 Å². The largest absolute Gasteiger partial charge is 0.418 e. The number of rotatable bonds is 5. The maximum absolute atomic E-state index is 13.3. The number of nitrogens with one attached hydrogen (secondary N) is 1. The predicted octanol–water partition coefficient (Wildman–Crippen LogP) is 2.00. The summed E-state index contributed by atoms with van der Waals surface area (Å²) in [4.78, 5) is 12.4. The first-order valence-electron chi connectivity index (χ1n) is 7.94. The summed E-state index contributed by atoms with van der Waals surface area (Å²) in [6.07, 6.45) is -3.16. The third kappa shape index (κ3) is 3.97. The van der Waals surface area contributed by atoms with Gasteiger partial charge >= 0.3 is 6.18 Å². The van der Waals surface area contributed by atoms with Crippen molar-refractivity contribution in [2.24, 2.45) is 5.73 Å². The molecule has 0 unspecified atom stereocenters. The average Bonchev–Trinajstić information content (AvgIpc) is 3.21. The summed E-state index contributed by atoms with van der Waals surface area (Å²) in [5.41, 5.74) is 4.81. The van der Waals surface area contributed by atoms with Gasteiger partial charge in [0.05, 0.1) is 29.7 Å². The summed E-state index contributed by atoms with van der Waals surface area (Å²) >= 11 is 0. The van der Waals surface area contributed by atoms with E-state index >= 15 is 0 Å². The summed E-state index contributed by atoms with van der Waals surface area (Å²) in [6, 6.07) is 6.45. The Morgan fingerprint density at radius 3 is 2.74 bits per heavy atom. The molecule has 0 spiro atoms. The standard InChI is InChI=1S/C16H16F3N7O/c1-10-8-14(21-15(27)12-9-25(7-6-20)24-22-12)26(23-10)13-5-3-2-4-11(13)16(17,18)19/h2-5,8-9H,6-7,20H2,1H3,(H,21,27). The van der Waals surface area contributed by atoms with E-state index in [1.165, 1.54) is 35.1 Å². The van der Waals surface area contributed by atoms with Crippen LogP contribution in [0.3, 0.4) is 0 Å². The Balaban J connectivity index is 1.94. The molecule has 1 amide bonds. The number of carbonyl (C=O) groups excluding carboxylic acids is 1. The molecule has 11 heteroatoms. The molecule has 142 valence electrons. The zero-order chi connectivity index (χ0) is 19.6. The van der Waals surface area contributed by atoms with Gasteiger partial charge in [-0.3, -0.25) is 9.48 Å². The first-order chi connectivity index (χ1) is 12.8. The summed E-state index contributed by atoms with van der Waals surface area (Å²) in [6.45, 7) is 2.32. The molecule has 3 N–H and O–H groups in total. The second-order valence-corrected chi connectivity index (χ2v) is 5.71. The number of benzene rings is 1. The van der Waals surface area contributed by atoms with Gasteiger partial charge in [-0.2, -0.15) is 18.3 Å². The van der Waals surface area contributed by atoms with Gasteiger partial charge in [-0.05, 0) is 19.1 Å². The zero-order valence-corrected chi connectivity index (χ0v) is 14.2. The second-order valence-electron chi connectivity index (χ2n) is 5.71. The van der Waals surface area contributed by atoms with Crippen molar-refractivity contribution in [1.82, 2.24) is 24.8 Å². The third-order valence-corrected chi connectivity index (χ3v) is 3.64. The molecule has 2 aromatic heterocycles. The van der Waals surface area contributed by atoms with Crippen LogP contribution in [-0.2, 0) is 12.7 Å². The summed E-state index contributed by atoms with van der Waals surface area (Å²) in [7, 11) is 0. The number of nitrogens with two attached hydrogens (primary N) is 1. The van der Waals surface area contributed by atoms with E-state index in [2.05, 4.69) is 20.7 Å². The van der Waals surface area contributed by atoms with Gasteiger partial charge < -0.3 is 11.1 Å². The highest BCUT2D eigenvalue weighted by molar-refractivity contribution is 6.02. The SMILES string of the molecule is Cc1cc(NC(=O)c2cn(CCN)nn2)n(-c2ccccc2C(F)(F)F)n1. The molecule has 0 bridgehead atoms. The number of amides is 1. The molecular weight excluding hydrogens is 363 g/mol. The Morgan fingerprint density at radius 1 is 1.30 bits per heavy atom. The van der Waals surface area contributed by atoms with Crippen LogP contribution in [0.5, 0.6) is 0 Å². The maximum Gasteiger partial charge on any atom is 0.418 e. The molecule has 0 fully saturated rings. The van der Waals surface area contributed by atoms with Crippen molar-refractivity contribution in [3.05, 3.63) is 53.5 Å². The van der Waals surface area contributed by atoms with Gasteiger partial charge in [-0.15, -0.1) is 5.10 Å². The van der Waals surface area contributed by atoms with Crippen LogP contribution >= 0.6 is 0 Å². The lowest BCUT2D eigenvalue weighted by Gasteiger charge is -2.14. The van der Waals surface area contributed by atoms with E-state index in [-0.39, 0.29) is 17.2 Å². The highest BCUT2D eigenvalue weighted by Crippen LogP contribution is 2.34. The fourth-order valence-electron chi connectivity index (χ4n) is 2.49. The number of anilines is 1. The minimum atomic E-state index is -4.57. The van der Waals surface area contributed by atoms with Crippen molar-refractivity contribution in [3.63, 3.8) is 0 Å². The van der Waals surface area contributed by atoms with Gasteiger partial charge in [0.1, 0.15) is 5.82 Å². The molecule has 2 heterocycles. The van der Waals surface area contributed by atoms with Crippen LogP contribution in [0.1, 0.15) is 21.7 Å². The van der Waals surface area contributed by atoms with Gasteiger partial charge in [0.25, 0.3) is 5.91 Å². The van der Waals surface area contributed by atoms with Crippen molar-refractivity contribution in [3.8, 4) is 5.69 Å². The first-order valence-corrected chi connectivity index (χ1v) is 7.94. The van der Waals surface area contributed by atoms with E-state index in [0.717, 1.165) is 10.7 Å². The zero-order valence-electron chi connectivity index (χ0n) is 14.2. The Labute approximate surface area is 151 Å². The van der Waals surface area contributed by atoms with E-state index in [1.807, 2.05) is 0 Å². The molecule has 0 saturated heterocycles. The minimum absolute atomic E-state index is 0.0120. The quantitative estimate of drug-likeness (QED) is 0.706. The van der Waals surface area contributed by atoms with Crippen LogP contribution in [0, 0.1) is 6.92 Å². The van der Waals surface area contributed by atoms with Gasteiger partial charge in [-0.25, -0.2) is 4.68 Å². The minimum Gasteiger partial charge on any atom is -0.329 e. The predicted molar refractivity (Wildman–Crippen MR) is 90.3 cm³/mol. The second kappa shape index (κ2) is 7.19. The molecule has 3 aromatic rings. The molecule has 0 radical (unpaired) electrons. The normalized spacial score (nSPS) is 11.6. The van der Waals surface area contributed by atoms with Crippen LogP contribution in [0.25, 0.3) is 5.69 Å². The Bertz CT molecular complexity index is 961. The van der Waals surface area contributed by atoms with Crippen molar-refractivity contribution in [1.29, 1.82) is 0 Å². The lowest BCUT2D eigenvalue weighted by molar-refractivity contribution is -0.137. The highest BCUT2D eigenvalue weighted by Gasteiger charge is 2.34. The van der Waals surface area contributed by atoms with Crippen LogP contribution < -0.4 is 11.1 Å². The number of hydrogen-bond acceptors (Lipinski definition) is 5. The van der Waals surface area contributed by atoms with Gasteiger partial charge in [0.2, 0.25) is 0 Å². The lowest BCUT2D eigenvalue weighted by atomic mass is 10.1. The van der Waals surface area contributed by atoms with Gasteiger partial charge in [0.15, 0.2) is 5.69 Å². The molecule has 8 nitrogen and oxygen atoms in total. The number of carbonyl (C=O) groups is 1. The molecule has 0 aliphatic carbocycles. The van der Waals surface area contributed by atoms with Crippen LogP contribution in [-0.4, -0.2) is 37.2 Å². The monoisotopic (exact) mass is 379 g/mol. The fourth-order valence-corrected chi connectivity index (χ4v) is 2.49. The smallest absolute Gasteiger partial charge is 0.329 e.